The maximum absolute atomic E-state index is 12.3. The number of nitriles is 1. The summed E-state index contributed by atoms with van der Waals surface area (Å²) in [6.45, 7) is -0.0744. The molecule has 2 N–H and O–H groups in total. The van der Waals surface area contributed by atoms with Crippen LogP contribution in [0.5, 0.6) is 0 Å². The molecule has 158 valence electrons. The fourth-order valence-electron chi connectivity index (χ4n) is 3.23. The topological polar surface area (TPSA) is 112 Å². The molecule has 0 atom stereocenters. The van der Waals surface area contributed by atoms with Crippen molar-refractivity contribution in [3.8, 4) is 6.07 Å². The smallest absolute Gasteiger partial charge is 0.262 e. The summed E-state index contributed by atoms with van der Waals surface area (Å²) in [5, 5.41) is 12.7. The fourth-order valence-corrected chi connectivity index (χ4v) is 4.35. The Labute approximate surface area is 180 Å². The second-order valence-electron chi connectivity index (χ2n) is 7.06. The van der Waals surface area contributed by atoms with E-state index in [0.29, 0.717) is 16.5 Å². The zero-order valence-corrected chi connectivity index (χ0v) is 17.8. The zero-order valence-electron chi connectivity index (χ0n) is 16.2. The van der Waals surface area contributed by atoms with Gasteiger partial charge >= 0.3 is 0 Å². The summed E-state index contributed by atoms with van der Waals surface area (Å²) in [4.78, 5) is 12.4. The maximum atomic E-state index is 12.3. The molecule has 1 heterocycles. The Bertz CT molecular complexity index is 1060. The third-order valence-corrected chi connectivity index (χ3v) is 6.50. The van der Waals surface area contributed by atoms with Crippen molar-refractivity contribution in [2.45, 2.75) is 49.6 Å². The molecule has 1 aliphatic rings. The largest absolute Gasteiger partial charge is 0.460 e. The Balaban J connectivity index is 1.62. The van der Waals surface area contributed by atoms with Gasteiger partial charge in [0, 0.05) is 17.1 Å². The predicted octanol–water partition coefficient (Wildman–Crippen LogP) is 3.77. The number of carbonyl (C=O) groups excluding carboxylic acids is 1. The Kier molecular flexibility index (Phi) is 7.32. The Morgan fingerprint density at radius 1 is 1.17 bits per heavy atom. The summed E-state index contributed by atoms with van der Waals surface area (Å²) in [6, 6.07) is 11.0. The Morgan fingerprint density at radius 2 is 1.87 bits per heavy atom. The minimum absolute atomic E-state index is 0.0526. The van der Waals surface area contributed by atoms with Crippen LogP contribution < -0.4 is 10.0 Å². The number of nitrogens with zero attached hydrogens (tertiary/aromatic N) is 1. The molecule has 1 amide bonds. The van der Waals surface area contributed by atoms with Crippen LogP contribution >= 0.6 is 11.6 Å². The van der Waals surface area contributed by atoms with Crippen LogP contribution in [0.2, 0.25) is 5.02 Å². The molecule has 1 aromatic heterocycles. The second-order valence-corrected chi connectivity index (χ2v) is 9.26. The molecule has 2 aromatic rings. The van der Waals surface area contributed by atoms with Gasteiger partial charge in [-0.2, -0.15) is 5.26 Å². The quantitative estimate of drug-likeness (QED) is 0.495. The van der Waals surface area contributed by atoms with E-state index in [1.807, 2.05) is 6.07 Å². The lowest BCUT2D eigenvalue weighted by molar-refractivity contribution is -0.117. The van der Waals surface area contributed by atoms with Crippen LogP contribution in [0.15, 0.2) is 51.3 Å². The molecular weight excluding hydrogens is 426 g/mol. The molecule has 1 aliphatic carbocycles. The molecule has 7 nitrogen and oxygen atoms in total. The molecule has 1 saturated carbocycles. The van der Waals surface area contributed by atoms with Crippen molar-refractivity contribution in [2.24, 2.45) is 0 Å². The highest BCUT2D eigenvalue weighted by molar-refractivity contribution is 7.89. The van der Waals surface area contributed by atoms with Gasteiger partial charge in [-0.25, -0.2) is 13.1 Å². The van der Waals surface area contributed by atoms with E-state index in [9.17, 15) is 18.5 Å². The molecule has 0 bridgehead atoms. The highest BCUT2D eigenvalue weighted by Crippen LogP contribution is 2.19. The zero-order chi connectivity index (χ0) is 21.6. The van der Waals surface area contributed by atoms with Gasteiger partial charge in [-0.05, 0) is 49.2 Å². The first-order valence-corrected chi connectivity index (χ1v) is 11.5. The van der Waals surface area contributed by atoms with Crippen LogP contribution in [-0.2, 0) is 21.4 Å². The van der Waals surface area contributed by atoms with Crippen LogP contribution in [-0.4, -0.2) is 20.4 Å². The third kappa shape index (κ3) is 5.95. The summed E-state index contributed by atoms with van der Waals surface area (Å²) < 4.78 is 32.6. The number of hydrogen-bond donors (Lipinski definition) is 2. The third-order valence-electron chi connectivity index (χ3n) is 4.83. The van der Waals surface area contributed by atoms with E-state index in [-0.39, 0.29) is 23.1 Å². The minimum atomic E-state index is -3.72. The highest BCUT2D eigenvalue weighted by atomic mass is 35.5. The molecule has 0 spiro atoms. The monoisotopic (exact) mass is 447 g/mol. The normalized spacial score (nSPS) is 15.5. The SMILES string of the molecule is N#CC(=Cc1ccc(CNS(=O)(=O)c2ccc(Cl)cc2)o1)C(=O)NC1CCCCC1. The van der Waals surface area contributed by atoms with Crippen LogP contribution in [0.25, 0.3) is 6.08 Å². The van der Waals surface area contributed by atoms with E-state index in [1.54, 1.807) is 12.1 Å². The van der Waals surface area contributed by atoms with Crippen LogP contribution in [0.1, 0.15) is 43.6 Å². The second kappa shape index (κ2) is 9.94. The number of benzene rings is 1. The number of carbonyl (C=O) groups is 1. The number of furan rings is 1. The van der Waals surface area contributed by atoms with Crippen molar-refractivity contribution in [1.29, 1.82) is 5.26 Å². The lowest BCUT2D eigenvalue weighted by Gasteiger charge is -2.22. The highest BCUT2D eigenvalue weighted by Gasteiger charge is 2.19. The number of halogens is 1. The van der Waals surface area contributed by atoms with Crippen molar-refractivity contribution in [2.75, 3.05) is 0 Å². The van der Waals surface area contributed by atoms with Gasteiger partial charge in [-0.15, -0.1) is 0 Å². The molecule has 0 saturated heterocycles. The molecule has 1 fully saturated rings. The van der Waals surface area contributed by atoms with E-state index in [0.717, 1.165) is 25.7 Å². The van der Waals surface area contributed by atoms with E-state index in [2.05, 4.69) is 10.0 Å². The fraction of sp³-hybridized carbons (Fsp3) is 0.333. The van der Waals surface area contributed by atoms with Crippen LogP contribution in [0.4, 0.5) is 0 Å². The standard InChI is InChI=1S/C21H22ClN3O4S/c22-16-6-10-20(11-7-16)30(27,28)24-14-19-9-8-18(29-19)12-15(13-23)21(26)25-17-4-2-1-3-5-17/h6-12,17,24H,1-5,14H2,(H,25,26). The van der Waals surface area contributed by atoms with E-state index >= 15 is 0 Å². The summed E-state index contributed by atoms with van der Waals surface area (Å²) in [7, 11) is -3.72. The Hall–Kier alpha value is -2.60. The number of nitrogens with one attached hydrogen (secondary N) is 2. The lowest BCUT2D eigenvalue weighted by Crippen LogP contribution is -2.36. The number of hydrogen-bond acceptors (Lipinski definition) is 5. The van der Waals surface area contributed by atoms with Crippen LogP contribution in [0, 0.1) is 11.3 Å². The molecule has 0 radical (unpaired) electrons. The molecule has 3 rings (SSSR count). The van der Waals surface area contributed by atoms with Crippen molar-refractivity contribution in [1.82, 2.24) is 10.0 Å². The number of rotatable bonds is 7. The van der Waals surface area contributed by atoms with Gasteiger partial charge in [-0.3, -0.25) is 4.79 Å². The van der Waals surface area contributed by atoms with Crippen molar-refractivity contribution < 1.29 is 17.6 Å². The first kappa shape index (κ1) is 22.1. The summed E-state index contributed by atoms with van der Waals surface area (Å²) in [5.41, 5.74) is -0.0526. The first-order valence-electron chi connectivity index (χ1n) is 9.64. The van der Waals surface area contributed by atoms with Gasteiger partial charge < -0.3 is 9.73 Å². The van der Waals surface area contributed by atoms with Crippen molar-refractivity contribution in [3.05, 3.63) is 58.5 Å². The first-order chi connectivity index (χ1) is 14.4. The molecule has 30 heavy (non-hydrogen) atoms. The van der Waals surface area contributed by atoms with Gasteiger partial charge in [-0.1, -0.05) is 30.9 Å². The van der Waals surface area contributed by atoms with Gasteiger partial charge in [0.25, 0.3) is 5.91 Å². The maximum Gasteiger partial charge on any atom is 0.262 e. The van der Waals surface area contributed by atoms with Gasteiger partial charge in [0.15, 0.2) is 0 Å². The summed E-state index contributed by atoms with van der Waals surface area (Å²) in [5.74, 6) is 0.223. The molecule has 1 aromatic carbocycles. The van der Waals surface area contributed by atoms with E-state index in [4.69, 9.17) is 16.0 Å². The average Bonchev–Trinajstić information content (AvgIpc) is 3.19. The van der Waals surface area contributed by atoms with Gasteiger partial charge in [0.2, 0.25) is 10.0 Å². The summed E-state index contributed by atoms with van der Waals surface area (Å²) >= 11 is 5.78. The van der Waals surface area contributed by atoms with E-state index in [1.165, 1.54) is 36.8 Å². The number of sulfonamides is 1. The molecular formula is C21H22ClN3O4S. The predicted molar refractivity (Wildman–Crippen MR) is 113 cm³/mol. The summed E-state index contributed by atoms with van der Waals surface area (Å²) in [6.07, 6.45) is 6.51. The molecule has 0 unspecified atom stereocenters. The van der Waals surface area contributed by atoms with Crippen molar-refractivity contribution in [3.63, 3.8) is 0 Å². The van der Waals surface area contributed by atoms with Crippen LogP contribution in [0.3, 0.4) is 0 Å². The minimum Gasteiger partial charge on any atom is -0.460 e. The van der Waals surface area contributed by atoms with Gasteiger partial charge in [0.1, 0.15) is 23.2 Å². The number of amides is 1. The Morgan fingerprint density at radius 3 is 2.53 bits per heavy atom. The van der Waals surface area contributed by atoms with Crippen molar-refractivity contribution >= 4 is 33.6 Å². The molecule has 9 heteroatoms. The van der Waals surface area contributed by atoms with E-state index < -0.39 is 15.9 Å². The molecule has 0 aliphatic heterocycles. The lowest BCUT2D eigenvalue weighted by atomic mass is 9.95. The average molecular weight is 448 g/mol. The van der Waals surface area contributed by atoms with Gasteiger partial charge in [0.05, 0.1) is 11.4 Å².